The molecule has 0 saturated heterocycles. The third-order valence-corrected chi connectivity index (χ3v) is 4.79. The Morgan fingerprint density at radius 1 is 0.962 bits per heavy atom. The summed E-state index contributed by atoms with van der Waals surface area (Å²) in [4.78, 5) is 19.4. The first-order chi connectivity index (χ1) is 12.5. The lowest BCUT2D eigenvalue weighted by Crippen LogP contribution is -2.31. The number of anilines is 1. The van der Waals surface area contributed by atoms with Crippen LogP contribution in [0.2, 0.25) is 0 Å². The lowest BCUT2D eigenvalue weighted by molar-refractivity contribution is 0.0984. The van der Waals surface area contributed by atoms with E-state index in [0.29, 0.717) is 12.1 Å². The van der Waals surface area contributed by atoms with E-state index in [9.17, 15) is 4.79 Å². The summed E-state index contributed by atoms with van der Waals surface area (Å²) in [6.45, 7) is 8.67. The number of hydrogen-bond acceptors (Lipinski definition) is 2. The highest BCUT2D eigenvalue weighted by molar-refractivity contribution is 6.07. The molecule has 0 radical (unpaired) electrons. The number of carbonyl (C=O) groups is 1. The average Bonchev–Trinajstić information content (AvgIpc) is 2.62. The SMILES string of the molecule is Cc1cccc(CN(C(=O)c2ccncc2C)c2cccc(C)c2C)c1. The number of hydrogen-bond donors (Lipinski definition) is 0. The summed E-state index contributed by atoms with van der Waals surface area (Å²) in [6.07, 6.45) is 3.41. The Hall–Kier alpha value is -2.94. The fourth-order valence-electron chi connectivity index (χ4n) is 3.15. The van der Waals surface area contributed by atoms with Gasteiger partial charge in [0.15, 0.2) is 0 Å². The van der Waals surface area contributed by atoms with E-state index in [1.165, 1.54) is 11.1 Å². The first-order valence-corrected chi connectivity index (χ1v) is 8.81. The smallest absolute Gasteiger partial charge is 0.258 e. The summed E-state index contributed by atoms with van der Waals surface area (Å²) in [5, 5.41) is 0. The van der Waals surface area contributed by atoms with E-state index in [1.54, 1.807) is 18.5 Å². The molecule has 26 heavy (non-hydrogen) atoms. The zero-order valence-electron chi connectivity index (χ0n) is 15.8. The molecule has 0 saturated carbocycles. The Kier molecular flexibility index (Phi) is 5.17. The molecular weight excluding hydrogens is 320 g/mol. The van der Waals surface area contributed by atoms with Crippen LogP contribution < -0.4 is 4.90 Å². The summed E-state index contributed by atoms with van der Waals surface area (Å²) < 4.78 is 0. The molecule has 3 rings (SSSR count). The second kappa shape index (κ2) is 7.52. The van der Waals surface area contributed by atoms with Gasteiger partial charge in [-0.25, -0.2) is 0 Å². The van der Waals surface area contributed by atoms with E-state index in [0.717, 1.165) is 22.4 Å². The lowest BCUT2D eigenvalue weighted by Gasteiger charge is -2.26. The molecular formula is C23H24N2O. The number of carbonyl (C=O) groups excluding carboxylic acids is 1. The molecule has 3 aromatic rings. The monoisotopic (exact) mass is 344 g/mol. The van der Waals surface area contributed by atoms with Crippen molar-refractivity contribution in [1.29, 1.82) is 0 Å². The van der Waals surface area contributed by atoms with Gasteiger partial charge in [0.1, 0.15) is 0 Å². The third kappa shape index (κ3) is 3.67. The van der Waals surface area contributed by atoms with Gasteiger partial charge < -0.3 is 4.90 Å². The second-order valence-electron chi connectivity index (χ2n) is 6.79. The van der Waals surface area contributed by atoms with Crippen molar-refractivity contribution in [2.45, 2.75) is 34.2 Å². The van der Waals surface area contributed by atoms with Gasteiger partial charge in [0.2, 0.25) is 0 Å². The quantitative estimate of drug-likeness (QED) is 0.655. The number of nitrogens with zero attached hydrogens (tertiary/aromatic N) is 2. The number of rotatable bonds is 4. The number of aromatic nitrogens is 1. The maximum absolute atomic E-state index is 13.4. The van der Waals surface area contributed by atoms with E-state index in [1.807, 2.05) is 30.0 Å². The van der Waals surface area contributed by atoms with E-state index in [2.05, 4.69) is 50.0 Å². The van der Waals surface area contributed by atoms with Crippen LogP contribution in [0.4, 0.5) is 5.69 Å². The summed E-state index contributed by atoms with van der Waals surface area (Å²) >= 11 is 0. The predicted octanol–water partition coefficient (Wildman–Crippen LogP) is 5.16. The van der Waals surface area contributed by atoms with Crippen LogP contribution in [0.5, 0.6) is 0 Å². The molecule has 0 bridgehead atoms. The standard InChI is InChI=1S/C23H24N2O/c1-16-7-5-9-20(13-16)15-25(22-10-6-8-17(2)19(22)4)23(26)21-11-12-24-14-18(21)3/h5-14H,15H2,1-4H3. The van der Waals surface area contributed by atoms with Crippen molar-refractivity contribution in [2.75, 3.05) is 4.90 Å². The number of aryl methyl sites for hydroxylation is 3. The van der Waals surface area contributed by atoms with Crippen molar-refractivity contribution < 1.29 is 4.79 Å². The highest BCUT2D eigenvalue weighted by Crippen LogP contribution is 2.27. The van der Waals surface area contributed by atoms with Crippen LogP contribution in [0.3, 0.4) is 0 Å². The molecule has 2 aromatic carbocycles. The van der Waals surface area contributed by atoms with Crippen molar-refractivity contribution in [3.63, 3.8) is 0 Å². The summed E-state index contributed by atoms with van der Waals surface area (Å²) in [6, 6.07) is 16.2. The lowest BCUT2D eigenvalue weighted by atomic mass is 10.0. The van der Waals surface area contributed by atoms with Gasteiger partial charge in [-0.05, 0) is 62.1 Å². The molecule has 0 aliphatic heterocycles. The van der Waals surface area contributed by atoms with Gasteiger partial charge in [-0.15, -0.1) is 0 Å². The average molecular weight is 344 g/mol. The van der Waals surface area contributed by atoms with Crippen LogP contribution in [0.15, 0.2) is 60.9 Å². The number of benzene rings is 2. The third-order valence-electron chi connectivity index (χ3n) is 4.79. The minimum atomic E-state index is 0.0000983. The zero-order valence-corrected chi connectivity index (χ0v) is 15.8. The van der Waals surface area contributed by atoms with E-state index in [-0.39, 0.29) is 5.91 Å². The summed E-state index contributed by atoms with van der Waals surface area (Å²) in [7, 11) is 0. The molecule has 132 valence electrons. The molecule has 0 atom stereocenters. The normalized spacial score (nSPS) is 10.6. The molecule has 0 fully saturated rings. The fourth-order valence-corrected chi connectivity index (χ4v) is 3.15. The Balaban J connectivity index is 2.08. The van der Waals surface area contributed by atoms with Crippen molar-refractivity contribution in [3.8, 4) is 0 Å². The van der Waals surface area contributed by atoms with Crippen LogP contribution in [-0.2, 0) is 6.54 Å². The van der Waals surface area contributed by atoms with Crippen LogP contribution in [0, 0.1) is 27.7 Å². The maximum atomic E-state index is 13.4. The Labute approximate surface area is 155 Å². The van der Waals surface area contributed by atoms with E-state index in [4.69, 9.17) is 0 Å². The van der Waals surface area contributed by atoms with Gasteiger partial charge in [-0.2, -0.15) is 0 Å². The van der Waals surface area contributed by atoms with Gasteiger partial charge in [-0.3, -0.25) is 9.78 Å². The minimum Gasteiger partial charge on any atom is -0.304 e. The van der Waals surface area contributed by atoms with Gasteiger partial charge in [0.25, 0.3) is 5.91 Å². The van der Waals surface area contributed by atoms with E-state index < -0.39 is 0 Å². The predicted molar refractivity (Wildman–Crippen MR) is 107 cm³/mol. The van der Waals surface area contributed by atoms with Gasteiger partial charge >= 0.3 is 0 Å². The van der Waals surface area contributed by atoms with Crippen molar-refractivity contribution in [1.82, 2.24) is 4.98 Å². The largest absolute Gasteiger partial charge is 0.304 e. The molecule has 3 heteroatoms. The molecule has 1 aromatic heterocycles. The number of pyridine rings is 1. The van der Waals surface area contributed by atoms with Crippen LogP contribution in [-0.4, -0.2) is 10.9 Å². The van der Waals surface area contributed by atoms with Crippen LogP contribution >= 0.6 is 0 Å². The Bertz CT molecular complexity index is 946. The molecule has 0 aliphatic carbocycles. The molecule has 0 spiro atoms. The topological polar surface area (TPSA) is 33.2 Å². The number of amides is 1. The Morgan fingerprint density at radius 2 is 1.73 bits per heavy atom. The molecule has 1 heterocycles. The van der Waals surface area contributed by atoms with Gasteiger partial charge in [0, 0.05) is 23.6 Å². The highest BCUT2D eigenvalue weighted by Gasteiger charge is 2.21. The van der Waals surface area contributed by atoms with Crippen LogP contribution in [0.25, 0.3) is 0 Å². The highest BCUT2D eigenvalue weighted by atomic mass is 16.2. The minimum absolute atomic E-state index is 0.0000983. The fraction of sp³-hybridized carbons (Fsp3) is 0.217. The zero-order chi connectivity index (χ0) is 18.7. The second-order valence-corrected chi connectivity index (χ2v) is 6.79. The maximum Gasteiger partial charge on any atom is 0.258 e. The molecule has 0 aliphatic rings. The molecule has 1 amide bonds. The first-order valence-electron chi connectivity index (χ1n) is 8.81. The van der Waals surface area contributed by atoms with E-state index >= 15 is 0 Å². The van der Waals surface area contributed by atoms with Crippen molar-refractivity contribution in [2.24, 2.45) is 0 Å². The van der Waals surface area contributed by atoms with Gasteiger partial charge in [0.05, 0.1) is 6.54 Å². The van der Waals surface area contributed by atoms with Crippen molar-refractivity contribution in [3.05, 3.63) is 94.3 Å². The first kappa shape index (κ1) is 17.9. The summed E-state index contributed by atoms with van der Waals surface area (Å²) in [5.74, 6) is 0.0000983. The van der Waals surface area contributed by atoms with Crippen molar-refractivity contribution >= 4 is 11.6 Å². The molecule has 0 N–H and O–H groups in total. The summed E-state index contributed by atoms with van der Waals surface area (Å²) in [5.41, 5.74) is 7.14. The Morgan fingerprint density at radius 3 is 2.46 bits per heavy atom. The molecule has 3 nitrogen and oxygen atoms in total. The molecule has 0 unspecified atom stereocenters. The van der Waals surface area contributed by atoms with Crippen LogP contribution in [0.1, 0.15) is 38.2 Å². The van der Waals surface area contributed by atoms with Gasteiger partial charge in [-0.1, -0.05) is 42.0 Å².